The molecule has 0 bridgehead atoms. The van der Waals surface area contributed by atoms with Crippen molar-refractivity contribution in [2.75, 3.05) is 6.61 Å². The van der Waals surface area contributed by atoms with Crippen LogP contribution < -0.4 is 0 Å². The van der Waals surface area contributed by atoms with E-state index in [2.05, 4.69) is 6.92 Å². The van der Waals surface area contributed by atoms with Gasteiger partial charge in [-0.15, -0.1) is 0 Å². The summed E-state index contributed by atoms with van der Waals surface area (Å²) >= 11 is 0. The highest BCUT2D eigenvalue weighted by molar-refractivity contribution is 5.87. The second kappa shape index (κ2) is 4.90. The van der Waals surface area contributed by atoms with Crippen molar-refractivity contribution in [2.24, 2.45) is 34.5 Å². The maximum Gasteiger partial charge on any atom is 0.139 e. The SMILES string of the molecule is C[C@]12CC[C@H]3[C@@H](CCC4CC(=O)CC[C@@]43CO)[C@@H]1CCC2=O. The van der Waals surface area contributed by atoms with Gasteiger partial charge < -0.3 is 5.11 Å². The normalized spacial score (nSPS) is 51.2. The first-order chi connectivity index (χ1) is 10.5. The Balaban J connectivity index is 1.68. The molecule has 4 fully saturated rings. The third-order valence-corrected chi connectivity index (χ3v) is 8.18. The van der Waals surface area contributed by atoms with Crippen molar-refractivity contribution < 1.29 is 14.7 Å². The van der Waals surface area contributed by atoms with Gasteiger partial charge in [0, 0.05) is 36.7 Å². The minimum atomic E-state index is -0.0882. The Kier molecular flexibility index (Phi) is 3.31. The third-order valence-electron chi connectivity index (χ3n) is 8.18. The van der Waals surface area contributed by atoms with Crippen LogP contribution in [0, 0.1) is 34.5 Å². The summed E-state index contributed by atoms with van der Waals surface area (Å²) in [5.74, 6) is 2.93. The van der Waals surface area contributed by atoms with Crippen molar-refractivity contribution in [3.05, 3.63) is 0 Å². The van der Waals surface area contributed by atoms with Crippen LogP contribution in [0.1, 0.15) is 64.7 Å². The van der Waals surface area contributed by atoms with Crippen molar-refractivity contribution >= 4 is 11.6 Å². The lowest BCUT2D eigenvalue weighted by molar-refractivity contribution is -0.154. The summed E-state index contributed by atoms with van der Waals surface area (Å²) in [5.41, 5.74) is -0.112. The zero-order chi connectivity index (χ0) is 15.5. The van der Waals surface area contributed by atoms with Gasteiger partial charge in [-0.3, -0.25) is 9.59 Å². The van der Waals surface area contributed by atoms with E-state index in [0.717, 1.165) is 44.9 Å². The second-order valence-electron chi connectivity index (χ2n) is 8.70. The molecule has 6 atom stereocenters. The zero-order valence-electron chi connectivity index (χ0n) is 13.6. The molecule has 1 unspecified atom stereocenters. The molecule has 1 N–H and O–H groups in total. The molecule has 4 rings (SSSR count). The van der Waals surface area contributed by atoms with Crippen LogP contribution in [0.15, 0.2) is 0 Å². The number of Topliss-reactive ketones (excluding diaryl/α,β-unsaturated/α-hetero) is 2. The molecule has 0 aliphatic heterocycles. The molecule has 0 aromatic rings. The lowest BCUT2D eigenvalue weighted by Crippen LogP contribution is -2.56. The van der Waals surface area contributed by atoms with E-state index in [1.54, 1.807) is 0 Å². The summed E-state index contributed by atoms with van der Waals surface area (Å²) in [6, 6.07) is 0. The fourth-order valence-electron chi connectivity index (χ4n) is 6.93. The number of hydrogen-bond donors (Lipinski definition) is 1. The molecule has 0 spiro atoms. The van der Waals surface area contributed by atoms with Crippen molar-refractivity contribution in [2.45, 2.75) is 64.7 Å². The van der Waals surface area contributed by atoms with Gasteiger partial charge in [-0.05, 0) is 62.2 Å². The number of hydrogen-bond acceptors (Lipinski definition) is 3. The van der Waals surface area contributed by atoms with Crippen molar-refractivity contribution in [3.8, 4) is 0 Å². The fraction of sp³-hybridized carbons (Fsp3) is 0.895. The largest absolute Gasteiger partial charge is 0.396 e. The number of ketones is 2. The monoisotopic (exact) mass is 304 g/mol. The van der Waals surface area contributed by atoms with E-state index in [1.807, 2.05) is 0 Å². The van der Waals surface area contributed by atoms with Gasteiger partial charge in [0.25, 0.3) is 0 Å². The van der Waals surface area contributed by atoms with Gasteiger partial charge in [-0.25, -0.2) is 0 Å². The summed E-state index contributed by atoms with van der Waals surface area (Å²) in [7, 11) is 0. The van der Waals surface area contributed by atoms with Gasteiger partial charge in [0.05, 0.1) is 0 Å². The zero-order valence-corrected chi connectivity index (χ0v) is 13.6. The van der Waals surface area contributed by atoms with Crippen LogP contribution in [0.3, 0.4) is 0 Å². The average molecular weight is 304 g/mol. The second-order valence-corrected chi connectivity index (χ2v) is 8.70. The standard InChI is InChI=1S/C19H28O3/c1-18-8-7-16-14(15(18)4-5-17(18)22)3-2-12-10-13(21)6-9-19(12,16)11-20/h12,14-16,20H,2-11H2,1H3/t12?,14-,15-,16-,18-,19+/m0/s1. The number of rotatable bonds is 1. The van der Waals surface area contributed by atoms with Gasteiger partial charge in [-0.1, -0.05) is 6.92 Å². The molecule has 3 heteroatoms. The summed E-state index contributed by atoms with van der Waals surface area (Å²) in [4.78, 5) is 24.3. The number of carbonyl (C=O) groups is 2. The van der Waals surface area contributed by atoms with Crippen LogP contribution in [0.2, 0.25) is 0 Å². The van der Waals surface area contributed by atoms with E-state index in [9.17, 15) is 14.7 Å². The van der Waals surface area contributed by atoms with E-state index in [-0.39, 0.29) is 17.4 Å². The van der Waals surface area contributed by atoms with Crippen molar-refractivity contribution in [3.63, 3.8) is 0 Å². The van der Waals surface area contributed by atoms with Gasteiger partial charge in [0.15, 0.2) is 0 Å². The average Bonchev–Trinajstić information content (AvgIpc) is 2.82. The van der Waals surface area contributed by atoms with Crippen LogP contribution in [-0.4, -0.2) is 23.3 Å². The number of aliphatic hydroxyl groups excluding tert-OH is 1. The number of aliphatic hydroxyl groups is 1. The first-order valence-electron chi connectivity index (χ1n) is 9.17. The Morgan fingerprint density at radius 2 is 1.86 bits per heavy atom. The molecule has 4 aliphatic carbocycles. The molecule has 4 aliphatic rings. The predicted octanol–water partition coefficient (Wildman–Crippen LogP) is 3.14. The summed E-state index contributed by atoms with van der Waals surface area (Å²) in [6.07, 6.45) is 8.36. The lowest BCUT2D eigenvalue weighted by atomic mass is 9.45. The quantitative estimate of drug-likeness (QED) is 0.809. The van der Waals surface area contributed by atoms with E-state index in [0.29, 0.717) is 48.1 Å². The Hall–Kier alpha value is -0.700. The van der Waals surface area contributed by atoms with Gasteiger partial charge in [0.2, 0.25) is 0 Å². The maximum absolute atomic E-state index is 12.4. The van der Waals surface area contributed by atoms with E-state index >= 15 is 0 Å². The molecular weight excluding hydrogens is 276 g/mol. The smallest absolute Gasteiger partial charge is 0.139 e. The minimum absolute atomic E-state index is 0.0240. The molecule has 0 aromatic carbocycles. The molecule has 0 heterocycles. The summed E-state index contributed by atoms with van der Waals surface area (Å²) < 4.78 is 0. The maximum atomic E-state index is 12.4. The van der Waals surface area contributed by atoms with Gasteiger partial charge in [-0.2, -0.15) is 0 Å². The van der Waals surface area contributed by atoms with Crippen molar-refractivity contribution in [1.82, 2.24) is 0 Å². The van der Waals surface area contributed by atoms with E-state index in [1.165, 1.54) is 0 Å². The molecule has 0 aromatic heterocycles. The number of fused-ring (bicyclic) bond motifs is 5. The molecular formula is C19H28O3. The Morgan fingerprint density at radius 1 is 1.05 bits per heavy atom. The van der Waals surface area contributed by atoms with E-state index in [4.69, 9.17) is 0 Å². The Labute approximate surface area is 132 Å². The lowest BCUT2D eigenvalue weighted by Gasteiger charge is -2.59. The van der Waals surface area contributed by atoms with Crippen LogP contribution in [0.5, 0.6) is 0 Å². The molecule has 22 heavy (non-hydrogen) atoms. The van der Waals surface area contributed by atoms with Gasteiger partial charge in [0.1, 0.15) is 11.6 Å². The van der Waals surface area contributed by atoms with E-state index < -0.39 is 0 Å². The first-order valence-corrected chi connectivity index (χ1v) is 9.17. The molecule has 0 amide bonds. The third kappa shape index (κ3) is 1.78. The van der Waals surface area contributed by atoms with Crippen LogP contribution in [-0.2, 0) is 9.59 Å². The Morgan fingerprint density at radius 3 is 2.64 bits per heavy atom. The number of carbonyl (C=O) groups excluding carboxylic acids is 2. The van der Waals surface area contributed by atoms with Crippen LogP contribution >= 0.6 is 0 Å². The highest BCUT2D eigenvalue weighted by Gasteiger charge is 2.61. The minimum Gasteiger partial charge on any atom is -0.396 e. The van der Waals surface area contributed by atoms with Gasteiger partial charge >= 0.3 is 0 Å². The highest BCUT2D eigenvalue weighted by Crippen LogP contribution is 2.65. The van der Waals surface area contributed by atoms with Crippen molar-refractivity contribution in [1.29, 1.82) is 0 Å². The molecule has 122 valence electrons. The predicted molar refractivity (Wildman–Crippen MR) is 83.2 cm³/mol. The Bertz CT molecular complexity index is 513. The first kappa shape index (κ1) is 14.9. The summed E-state index contributed by atoms with van der Waals surface area (Å²) in [5, 5.41) is 10.3. The molecule has 3 nitrogen and oxygen atoms in total. The molecule has 4 saturated carbocycles. The highest BCUT2D eigenvalue weighted by atomic mass is 16.3. The van der Waals surface area contributed by atoms with Crippen LogP contribution in [0.4, 0.5) is 0 Å². The fourth-order valence-corrected chi connectivity index (χ4v) is 6.93. The molecule has 0 saturated heterocycles. The topological polar surface area (TPSA) is 54.4 Å². The van der Waals surface area contributed by atoms with Crippen LogP contribution in [0.25, 0.3) is 0 Å². The summed E-state index contributed by atoms with van der Waals surface area (Å²) in [6.45, 7) is 2.44. The molecule has 0 radical (unpaired) electrons.